The van der Waals surface area contributed by atoms with Crippen molar-refractivity contribution in [3.8, 4) is 6.07 Å². The lowest BCUT2D eigenvalue weighted by Gasteiger charge is -2.15. The summed E-state index contributed by atoms with van der Waals surface area (Å²) in [7, 11) is 0. The van der Waals surface area contributed by atoms with E-state index in [4.69, 9.17) is 11.0 Å². The molecule has 1 atom stereocenters. The van der Waals surface area contributed by atoms with Gasteiger partial charge in [-0.05, 0) is 31.2 Å². The Kier molecular flexibility index (Phi) is 3.58. The molecule has 5 heteroatoms. The Balaban J connectivity index is 2.07. The Labute approximate surface area is 105 Å². The van der Waals surface area contributed by atoms with Gasteiger partial charge in [0.2, 0.25) is 5.91 Å². The molecule has 0 bridgehead atoms. The van der Waals surface area contributed by atoms with Gasteiger partial charge < -0.3 is 5.73 Å². The van der Waals surface area contributed by atoms with Crippen LogP contribution in [-0.2, 0) is 11.3 Å². The molecule has 1 aliphatic rings. The minimum Gasteiger partial charge on any atom is -0.369 e. The van der Waals surface area contributed by atoms with Crippen molar-refractivity contribution in [3.63, 3.8) is 0 Å². The van der Waals surface area contributed by atoms with Crippen LogP contribution in [0.3, 0.4) is 0 Å². The smallest absolute Gasteiger partial charge is 0.221 e. The lowest BCUT2D eigenvalue weighted by molar-refractivity contribution is -0.121. The zero-order chi connectivity index (χ0) is 13.1. The fourth-order valence-electron chi connectivity index (χ4n) is 2.21. The van der Waals surface area contributed by atoms with Gasteiger partial charge >= 0.3 is 0 Å². The Hall–Kier alpha value is -1.93. The van der Waals surface area contributed by atoms with Crippen molar-refractivity contribution in [1.29, 1.82) is 5.26 Å². The van der Waals surface area contributed by atoms with E-state index in [1.165, 1.54) is 12.1 Å². The van der Waals surface area contributed by atoms with Gasteiger partial charge in [0, 0.05) is 18.7 Å². The molecule has 0 aromatic heterocycles. The molecule has 1 unspecified atom stereocenters. The number of hydrogen-bond donors (Lipinski definition) is 1. The van der Waals surface area contributed by atoms with Crippen molar-refractivity contribution in [2.45, 2.75) is 13.0 Å². The maximum absolute atomic E-state index is 13.6. The first-order valence-corrected chi connectivity index (χ1v) is 5.80. The summed E-state index contributed by atoms with van der Waals surface area (Å²) < 4.78 is 13.6. The number of primary amides is 1. The summed E-state index contributed by atoms with van der Waals surface area (Å²) in [6, 6.07) is 6.29. The van der Waals surface area contributed by atoms with Crippen LogP contribution in [0.4, 0.5) is 4.39 Å². The van der Waals surface area contributed by atoms with Crippen molar-refractivity contribution in [3.05, 3.63) is 35.1 Å². The average Bonchev–Trinajstić information content (AvgIpc) is 2.81. The number of benzene rings is 1. The maximum atomic E-state index is 13.6. The molecule has 1 aromatic carbocycles. The fraction of sp³-hybridized carbons (Fsp3) is 0.385. The molecule has 4 nitrogen and oxygen atoms in total. The maximum Gasteiger partial charge on any atom is 0.221 e. The van der Waals surface area contributed by atoms with Gasteiger partial charge in [0.15, 0.2) is 0 Å². The monoisotopic (exact) mass is 247 g/mol. The second-order valence-electron chi connectivity index (χ2n) is 4.54. The highest BCUT2D eigenvalue weighted by atomic mass is 19.1. The Morgan fingerprint density at radius 2 is 2.39 bits per heavy atom. The van der Waals surface area contributed by atoms with Crippen LogP contribution in [0.2, 0.25) is 0 Å². The van der Waals surface area contributed by atoms with Crippen molar-refractivity contribution in [2.75, 3.05) is 13.1 Å². The van der Waals surface area contributed by atoms with E-state index >= 15 is 0 Å². The summed E-state index contributed by atoms with van der Waals surface area (Å²) in [5, 5.41) is 8.78. The first-order chi connectivity index (χ1) is 8.60. The highest BCUT2D eigenvalue weighted by Gasteiger charge is 2.26. The van der Waals surface area contributed by atoms with Crippen LogP contribution in [0.1, 0.15) is 17.5 Å². The predicted molar refractivity (Wildman–Crippen MR) is 63.7 cm³/mol. The van der Waals surface area contributed by atoms with Crippen molar-refractivity contribution in [2.24, 2.45) is 11.7 Å². The van der Waals surface area contributed by atoms with Gasteiger partial charge in [-0.3, -0.25) is 9.69 Å². The van der Waals surface area contributed by atoms with E-state index in [9.17, 15) is 9.18 Å². The standard InChI is InChI=1S/C13H14FN3O/c14-12-2-1-9(6-15)5-11(12)8-17-4-3-10(7-17)13(16)18/h1-2,5,10H,3-4,7-8H2,(H2,16,18). The summed E-state index contributed by atoms with van der Waals surface area (Å²) in [4.78, 5) is 13.0. The van der Waals surface area contributed by atoms with Crippen molar-refractivity contribution >= 4 is 5.91 Å². The minimum absolute atomic E-state index is 0.146. The van der Waals surface area contributed by atoms with Gasteiger partial charge in [-0.1, -0.05) is 0 Å². The van der Waals surface area contributed by atoms with Gasteiger partial charge in [-0.15, -0.1) is 0 Å². The van der Waals surface area contributed by atoms with Crippen LogP contribution in [0, 0.1) is 23.1 Å². The number of halogens is 1. The third kappa shape index (κ3) is 2.66. The quantitative estimate of drug-likeness (QED) is 0.866. The molecular weight excluding hydrogens is 233 g/mol. The van der Waals surface area contributed by atoms with Gasteiger partial charge in [0.05, 0.1) is 17.6 Å². The number of nitrogens with two attached hydrogens (primary N) is 1. The molecule has 2 N–H and O–H groups in total. The van der Waals surface area contributed by atoms with Crippen molar-refractivity contribution in [1.82, 2.24) is 4.90 Å². The number of carbonyl (C=O) groups is 1. The largest absolute Gasteiger partial charge is 0.369 e. The van der Waals surface area contributed by atoms with Crippen LogP contribution in [0.5, 0.6) is 0 Å². The van der Waals surface area contributed by atoms with Gasteiger partial charge in [-0.2, -0.15) is 5.26 Å². The van der Waals surface area contributed by atoms with E-state index < -0.39 is 0 Å². The molecule has 0 saturated carbocycles. The Morgan fingerprint density at radius 3 is 3.00 bits per heavy atom. The first kappa shape index (κ1) is 12.5. The van der Waals surface area contributed by atoms with Crippen LogP contribution >= 0.6 is 0 Å². The van der Waals surface area contributed by atoms with Crippen LogP contribution < -0.4 is 5.73 Å². The lowest BCUT2D eigenvalue weighted by Crippen LogP contribution is -2.27. The second kappa shape index (κ2) is 5.15. The normalized spacial score (nSPS) is 19.7. The summed E-state index contributed by atoms with van der Waals surface area (Å²) in [5.41, 5.74) is 6.17. The van der Waals surface area contributed by atoms with E-state index in [-0.39, 0.29) is 17.6 Å². The van der Waals surface area contributed by atoms with Gasteiger partial charge in [0.25, 0.3) is 0 Å². The molecule has 1 fully saturated rings. The van der Waals surface area contributed by atoms with E-state index in [1.54, 1.807) is 6.07 Å². The molecule has 0 radical (unpaired) electrons. The third-order valence-corrected chi connectivity index (χ3v) is 3.24. The SMILES string of the molecule is N#Cc1ccc(F)c(CN2CCC(C(N)=O)C2)c1. The zero-order valence-electron chi connectivity index (χ0n) is 9.90. The van der Waals surface area contributed by atoms with Gasteiger partial charge in [-0.25, -0.2) is 4.39 Å². The molecule has 1 saturated heterocycles. The summed E-state index contributed by atoms with van der Waals surface area (Å²) in [5.74, 6) is -0.771. The molecule has 0 aliphatic carbocycles. The molecule has 94 valence electrons. The summed E-state index contributed by atoms with van der Waals surface area (Å²) >= 11 is 0. The van der Waals surface area contributed by atoms with Crippen LogP contribution in [-0.4, -0.2) is 23.9 Å². The molecule has 1 amide bonds. The highest BCUT2D eigenvalue weighted by molar-refractivity contribution is 5.77. The van der Waals surface area contributed by atoms with Crippen LogP contribution in [0.15, 0.2) is 18.2 Å². The number of likely N-dealkylation sites (tertiary alicyclic amines) is 1. The topological polar surface area (TPSA) is 70.1 Å². The molecule has 2 rings (SSSR count). The Morgan fingerprint density at radius 1 is 1.61 bits per heavy atom. The summed E-state index contributed by atoms with van der Waals surface area (Å²) in [6.07, 6.45) is 0.717. The molecular formula is C13H14FN3O. The number of nitrogens with zero attached hydrogens (tertiary/aromatic N) is 2. The number of carbonyl (C=O) groups excluding carboxylic acids is 1. The number of nitriles is 1. The van der Waals surface area contributed by atoms with Gasteiger partial charge in [0.1, 0.15) is 5.82 Å². The number of rotatable bonds is 3. The first-order valence-electron chi connectivity index (χ1n) is 5.80. The van der Waals surface area contributed by atoms with E-state index in [2.05, 4.69) is 0 Å². The second-order valence-corrected chi connectivity index (χ2v) is 4.54. The predicted octanol–water partition coefficient (Wildman–Crippen LogP) is 1.00. The highest BCUT2D eigenvalue weighted by Crippen LogP contribution is 2.20. The third-order valence-electron chi connectivity index (χ3n) is 3.24. The minimum atomic E-state index is -0.323. The fourth-order valence-corrected chi connectivity index (χ4v) is 2.21. The van der Waals surface area contributed by atoms with E-state index in [1.807, 2.05) is 11.0 Å². The number of hydrogen-bond acceptors (Lipinski definition) is 3. The number of amides is 1. The van der Waals surface area contributed by atoms with E-state index in [0.717, 1.165) is 13.0 Å². The average molecular weight is 247 g/mol. The Bertz CT molecular complexity index is 509. The lowest BCUT2D eigenvalue weighted by atomic mass is 10.1. The molecule has 1 aromatic rings. The van der Waals surface area contributed by atoms with Crippen molar-refractivity contribution < 1.29 is 9.18 Å². The van der Waals surface area contributed by atoms with Crippen LogP contribution in [0.25, 0.3) is 0 Å². The van der Waals surface area contributed by atoms with E-state index in [0.29, 0.717) is 24.2 Å². The molecule has 1 aliphatic heterocycles. The summed E-state index contributed by atoms with van der Waals surface area (Å²) in [6.45, 7) is 1.69. The zero-order valence-corrected chi connectivity index (χ0v) is 9.90. The molecule has 1 heterocycles. The molecule has 0 spiro atoms. The molecule has 18 heavy (non-hydrogen) atoms.